The molecule has 1 fully saturated rings. The number of methoxy groups -OCH3 is 1. The summed E-state index contributed by atoms with van der Waals surface area (Å²) in [5.41, 5.74) is 0.476. The zero-order valence-electron chi connectivity index (χ0n) is 13.8. The number of ether oxygens (including phenoxy) is 1. The first-order chi connectivity index (χ1) is 10.8. The Morgan fingerprint density at radius 1 is 1.13 bits per heavy atom. The maximum absolute atomic E-state index is 12.3. The third-order valence-electron chi connectivity index (χ3n) is 4.20. The van der Waals surface area contributed by atoms with E-state index in [1.165, 1.54) is 11.4 Å². The van der Waals surface area contributed by atoms with E-state index in [-0.39, 0.29) is 5.97 Å². The molecule has 7 heteroatoms. The van der Waals surface area contributed by atoms with E-state index < -0.39 is 15.6 Å². The second-order valence-corrected chi connectivity index (χ2v) is 7.93. The number of piperidine rings is 1. The van der Waals surface area contributed by atoms with Crippen LogP contribution in [0.2, 0.25) is 0 Å². The largest absolute Gasteiger partial charge is 0.468 e. The molecule has 6 nitrogen and oxygen atoms in total. The molecular weight excluding hydrogens is 316 g/mol. The number of carbonyl (C=O) groups excluding carboxylic acids is 1. The molecule has 0 saturated carbocycles. The summed E-state index contributed by atoms with van der Waals surface area (Å²) < 4.78 is 33.5. The lowest BCUT2D eigenvalue weighted by atomic mass is 9.85. The predicted octanol–water partition coefficient (Wildman–Crippen LogP) is 2.28. The maximum Gasteiger partial charge on any atom is 0.315 e. The second-order valence-electron chi connectivity index (χ2n) is 6.26. The van der Waals surface area contributed by atoms with Gasteiger partial charge in [0.15, 0.2) is 0 Å². The lowest BCUT2D eigenvalue weighted by Gasteiger charge is -2.26. The van der Waals surface area contributed by atoms with Crippen LogP contribution in [0.3, 0.4) is 0 Å². The van der Waals surface area contributed by atoms with Crippen molar-refractivity contribution in [1.82, 2.24) is 4.31 Å². The van der Waals surface area contributed by atoms with Gasteiger partial charge < -0.3 is 4.74 Å². The number of nitrogens with one attached hydrogen (secondary N) is 1. The van der Waals surface area contributed by atoms with Crippen LogP contribution in [0, 0.1) is 0 Å². The first-order valence-corrected chi connectivity index (χ1v) is 9.18. The highest BCUT2D eigenvalue weighted by Gasteiger charge is 2.31. The van der Waals surface area contributed by atoms with Gasteiger partial charge in [-0.2, -0.15) is 12.7 Å². The van der Waals surface area contributed by atoms with Crippen LogP contribution in [0.4, 0.5) is 5.69 Å². The van der Waals surface area contributed by atoms with Gasteiger partial charge in [-0.1, -0.05) is 18.6 Å². The molecule has 0 unspecified atom stereocenters. The summed E-state index contributed by atoms with van der Waals surface area (Å²) >= 11 is 0. The van der Waals surface area contributed by atoms with Crippen LogP contribution in [0.15, 0.2) is 24.3 Å². The molecule has 0 radical (unpaired) electrons. The average molecular weight is 340 g/mol. The SMILES string of the molecule is COC(=O)C(C)(C)c1ccc(NS(=O)(=O)N2CCCCC2)cc1. The van der Waals surface area contributed by atoms with Crippen LogP contribution in [0.25, 0.3) is 0 Å². The fourth-order valence-corrected chi connectivity index (χ4v) is 3.95. The standard InChI is InChI=1S/C16H24N2O4S/c1-16(2,15(19)22-3)13-7-9-14(10-8-13)17-23(20,21)18-11-5-4-6-12-18/h7-10,17H,4-6,11-12H2,1-3H3. The van der Waals surface area contributed by atoms with Gasteiger partial charge >= 0.3 is 16.2 Å². The van der Waals surface area contributed by atoms with E-state index in [9.17, 15) is 13.2 Å². The van der Waals surface area contributed by atoms with Crippen molar-refractivity contribution >= 4 is 21.9 Å². The minimum atomic E-state index is -3.51. The topological polar surface area (TPSA) is 75.7 Å². The fraction of sp³-hybridized carbons (Fsp3) is 0.562. The van der Waals surface area contributed by atoms with E-state index in [1.807, 2.05) is 0 Å². The number of benzene rings is 1. The van der Waals surface area contributed by atoms with Crippen LogP contribution in [0.1, 0.15) is 38.7 Å². The molecule has 0 amide bonds. The minimum Gasteiger partial charge on any atom is -0.468 e. The highest BCUT2D eigenvalue weighted by molar-refractivity contribution is 7.90. The van der Waals surface area contributed by atoms with Crippen molar-refractivity contribution < 1.29 is 17.9 Å². The molecule has 0 bridgehead atoms. The number of nitrogens with zero attached hydrogens (tertiary/aromatic N) is 1. The van der Waals surface area contributed by atoms with Crippen molar-refractivity contribution in [3.63, 3.8) is 0 Å². The highest BCUT2D eigenvalue weighted by Crippen LogP contribution is 2.26. The second kappa shape index (κ2) is 6.88. The summed E-state index contributed by atoms with van der Waals surface area (Å²) in [5.74, 6) is -0.334. The molecule has 1 aromatic carbocycles. The van der Waals surface area contributed by atoms with E-state index >= 15 is 0 Å². The molecule has 0 atom stereocenters. The molecule has 1 N–H and O–H groups in total. The molecule has 1 heterocycles. The van der Waals surface area contributed by atoms with E-state index in [0.717, 1.165) is 24.8 Å². The minimum absolute atomic E-state index is 0.334. The molecule has 1 saturated heterocycles. The van der Waals surface area contributed by atoms with Crippen LogP contribution >= 0.6 is 0 Å². The Morgan fingerprint density at radius 2 is 1.70 bits per heavy atom. The summed E-state index contributed by atoms with van der Waals surface area (Å²) in [6.07, 6.45) is 2.86. The van der Waals surface area contributed by atoms with Gasteiger partial charge in [0.1, 0.15) is 0 Å². The summed E-state index contributed by atoms with van der Waals surface area (Å²) in [6.45, 7) is 4.66. The van der Waals surface area contributed by atoms with Crippen LogP contribution in [0.5, 0.6) is 0 Å². The van der Waals surface area contributed by atoms with Gasteiger partial charge in [0.05, 0.1) is 12.5 Å². The first kappa shape index (κ1) is 17.7. The van der Waals surface area contributed by atoms with Crippen molar-refractivity contribution in [3.05, 3.63) is 29.8 Å². The Hall–Kier alpha value is -1.60. The lowest BCUT2D eigenvalue weighted by Crippen LogP contribution is -2.39. The smallest absolute Gasteiger partial charge is 0.315 e. The van der Waals surface area contributed by atoms with Gasteiger partial charge in [-0.25, -0.2) is 0 Å². The number of hydrogen-bond acceptors (Lipinski definition) is 4. The summed E-state index contributed by atoms with van der Waals surface area (Å²) in [6, 6.07) is 6.82. The molecule has 1 aliphatic heterocycles. The Bertz CT molecular complexity index is 647. The molecule has 2 rings (SSSR count). The van der Waals surface area contributed by atoms with Gasteiger partial charge in [0, 0.05) is 18.8 Å². The Kier molecular flexibility index (Phi) is 5.31. The Labute approximate surface area is 138 Å². The third kappa shape index (κ3) is 4.03. The molecule has 128 valence electrons. The number of esters is 1. The summed E-state index contributed by atoms with van der Waals surface area (Å²) in [7, 11) is -2.16. The molecule has 1 aromatic rings. The molecule has 0 spiro atoms. The molecule has 0 aromatic heterocycles. The Balaban J connectivity index is 2.12. The fourth-order valence-electron chi connectivity index (χ4n) is 2.65. The van der Waals surface area contributed by atoms with Crippen LogP contribution < -0.4 is 4.72 Å². The monoisotopic (exact) mass is 340 g/mol. The van der Waals surface area contributed by atoms with Crippen molar-refractivity contribution in [3.8, 4) is 0 Å². The first-order valence-electron chi connectivity index (χ1n) is 7.74. The lowest BCUT2D eigenvalue weighted by molar-refractivity contribution is -0.146. The number of carbonyl (C=O) groups is 1. The maximum atomic E-state index is 12.3. The van der Waals surface area contributed by atoms with Gasteiger partial charge in [0.2, 0.25) is 0 Å². The zero-order valence-corrected chi connectivity index (χ0v) is 14.6. The zero-order chi connectivity index (χ0) is 17.1. The van der Waals surface area contributed by atoms with Crippen LogP contribution in [-0.2, 0) is 25.2 Å². The van der Waals surface area contributed by atoms with Crippen molar-refractivity contribution in [2.45, 2.75) is 38.5 Å². The van der Waals surface area contributed by atoms with E-state index in [2.05, 4.69) is 4.72 Å². The van der Waals surface area contributed by atoms with Crippen molar-refractivity contribution in [2.75, 3.05) is 24.9 Å². The third-order valence-corrected chi connectivity index (χ3v) is 5.74. The van der Waals surface area contributed by atoms with Gasteiger partial charge in [0.25, 0.3) is 0 Å². The van der Waals surface area contributed by atoms with Gasteiger partial charge in [-0.05, 0) is 44.4 Å². The van der Waals surface area contributed by atoms with Crippen LogP contribution in [-0.4, -0.2) is 38.9 Å². The summed E-state index contributed by atoms with van der Waals surface area (Å²) in [4.78, 5) is 11.8. The molecule has 1 aliphatic rings. The number of hydrogen-bond donors (Lipinski definition) is 1. The highest BCUT2D eigenvalue weighted by atomic mass is 32.2. The van der Waals surface area contributed by atoms with Crippen molar-refractivity contribution in [2.24, 2.45) is 0 Å². The Morgan fingerprint density at radius 3 is 2.22 bits per heavy atom. The quantitative estimate of drug-likeness (QED) is 0.835. The van der Waals surface area contributed by atoms with Crippen molar-refractivity contribution in [1.29, 1.82) is 0 Å². The molecule has 23 heavy (non-hydrogen) atoms. The number of rotatable bonds is 5. The normalized spacial score (nSPS) is 16.8. The van der Waals surface area contributed by atoms with E-state index in [4.69, 9.17) is 4.74 Å². The molecule has 0 aliphatic carbocycles. The average Bonchev–Trinajstić information content (AvgIpc) is 2.55. The van der Waals surface area contributed by atoms with Gasteiger partial charge in [-0.3, -0.25) is 9.52 Å². The van der Waals surface area contributed by atoms with Gasteiger partial charge in [-0.15, -0.1) is 0 Å². The summed E-state index contributed by atoms with van der Waals surface area (Å²) in [5, 5.41) is 0. The number of anilines is 1. The van der Waals surface area contributed by atoms with E-state index in [1.54, 1.807) is 38.1 Å². The van der Waals surface area contributed by atoms with E-state index in [0.29, 0.717) is 18.8 Å². The molecular formula is C16H24N2O4S. The predicted molar refractivity (Wildman–Crippen MR) is 89.5 cm³/mol.